The summed E-state index contributed by atoms with van der Waals surface area (Å²) in [6, 6.07) is 0. The zero-order valence-corrected chi connectivity index (χ0v) is 47.5. The summed E-state index contributed by atoms with van der Waals surface area (Å²) in [6.07, 6.45) is 74.0. The van der Waals surface area contributed by atoms with Crippen molar-refractivity contribution in [3.63, 3.8) is 0 Å². The van der Waals surface area contributed by atoms with Gasteiger partial charge in [0.1, 0.15) is 13.2 Å². The molecule has 0 aliphatic carbocycles. The molecule has 0 rings (SSSR count). The van der Waals surface area contributed by atoms with Crippen LogP contribution in [0, 0.1) is 0 Å². The van der Waals surface area contributed by atoms with E-state index in [1.165, 1.54) is 218 Å². The van der Waals surface area contributed by atoms with Crippen molar-refractivity contribution in [2.45, 2.75) is 335 Å². The Morgan fingerprint density at radius 1 is 0.282 bits per heavy atom. The molecule has 1 unspecified atom stereocenters. The van der Waals surface area contributed by atoms with E-state index in [1.807, 2.05) is 0 Å². The fraction of sp³-hybridized carbons (Fsp3) is 0.831. The van der Waals surface area contributed by atoms with E-state index in [-0.39, 0.29) is 31.1 Å². The van der Waals surface area contributed by atoms with Crippen LogP contribution in [0.25, 0.3) is 0 Å². The highest BCUT2D eigenvalue weighted by atomic mass is 16.6. The third kappa shape index (κ3) is 58.1. The minimum atomic E-state index is -0.778. The monoisotopic (exact) mass is 995 g/mol. The lowest BCUT2D eigenvalue weighted by Gasteiger charge is -2.18. The molecule has 0 aliphatic rings. The molecule has 6 nitrogen and oxygen atoms in total. The van der Waals surface area contributed by atoms with Gasteiger partial charge in [-0.15, -0.1) is 0 Å². The molecule has 0 spiro atoms. The normalized spacial score (nSPS) is 12.3. The molecule has 1 atom stereocenters. The van der Waals surface area contributed by atoms with Crippen LogP contribution in [0.3, 0.4) is 0 Å². The second-order valence-electron chi connectivity index (χ2n) is 21.0. The number of rotatable bonds is 57. The van der Waals surface area contributed by atoms with Crippen LogP contribution in [0.15, 0.2) is 48.6 Å². The fourth-order valence-corrected chi connectivity index (χ4v) is 9.04. The molecule has 0 aromatic carbocycles. The van der Waals surface area contributed by atoms with Crippen molar-refractivity contribution < 1.29 is 28.6 Å². The Bertz CT molecular complexity index is 1230. The number of carbonyl (C=O) groups excluding carboxylic acids is 3. The highest BCUT2D eigenvalue weighted by Crippen LogP contribution is 2.16. The summed E-state index contributed by atoms with van der Waals surface area (Å²) in [7, 11) is 0. The molecule has 0 heterocycles. The maximum Gasteiger partial charge on any atom is 0.306 e. The molecule has 0 amide bonds. The zero-order chi connectivity index (χ0) is 51.4. The Hall–Kier alpha value is -2.63. The Kier molecular flexibility index (Phi) is 57.7. The lowest BCUT2D eigenvalue weighted by Crippen LogP contribution is -2.30. The Balaban J connectivity index is 4.23. The minimum Gasteiger partial charge on any atom is -0.462 e. The average molecular weight is 996 g/mol. The Morgan fingerprint density at radius 3 is 0.831 bits per heavy atom. The topological polar surface area (TPSA) is 78.9 Å². The first-order chi connectivity index (χ1) is 35.0. The van der Waals surface area contributed by atoms with Gasteiger partial charge in [-0.1, -0.05) is 262 Å². The van der Waals surface area contributed by atoms with Gasteiger partial charge in [0.2, 0.25) is 0 Å². The average Bonchev–Trinajstić information content (AvgIpc) is 3.37. The van der Waals surface area contributed by atoms with Crippen molar-refractivity contribution in [1.29, 1.82) is 0 Å². The van der Waals surface area contributed by atoms with E-state index in [0.29, 0.717) is 19.3 Å². The number of allylic oxidation sites excluding steroid dienone is 8. The molecule has 0 radical (unpaired) electrons. The number of unbranched alkanes of at least 4 members (excludes halogenated alkanes) is 38. The Labute approximate surface area is 441 Å². The molecule has 0 bridgehead atoms. The molecular formula is C65H118O6. The van der Waals surface area contributed by atoms with Gasteiger partial charge in [-0.2, -0.15) is 0 Å². The van der Waals surface area contributed by atoms with Crippen molar-refractivity contribution in [3.05, 3.63) is 48.6 Å². The predicted octanol–water partition coefficient (Wildman–Crippen LogP) is 21.0. The van der Waals surface area contributed by atoms with Crippen molar-refractivity contribution in [2.75, 3.05) is 13.2 Å². The van der Waals surface area contributed by atoms with Crippen LogP contribution in [0.2, 0.25) is 0 Å². The number of ether oxygens (including phenoxy) is 3. The van der Waals surface area contributed by atoms with E-state index in [0.717, 1.165) is 70.6 Å². The number of esters is 3. The number of hydrogen-bond donors (Lipinski definition) is 0. The molecule has 0 fully saturated rings. The van der Waals surface area contributed by atoms with E-state index in [9.17, 15) is 14.4 Å². The van der Waals surface area contributed by atoms with Crippen molar-refractivity contribution in [3.8, 4) is 0 Å². The van der Waals surface area contributed by atoms with Crippen LogP contribution >= 0.6 is 0 Å². The molecule has 0 saturated carbocycles. The van der Waals surface area contributed by atoms with Gasteiger partial charge in [-0.05, 0) is 96.3 Å². The first kappa shape index (κ1) is 68.4. The van der Waals surface area contributed by atoms with E-state index in [4.69, 9.17) is 14.2 Å². The van der Waals surface area contributed by atoms with E-state index in [1.54, 1.807) is 0 Å². The van der Waals surface area contributed by atoms with Gasteiger partial charge in [0.25, 0.3) is 0 Å². The molecule has 71 heavy (non-hydrogen) atoms. The molecule has 6 heteroatoms. The van der Waals surface area contributed by atoms with Gasteiger partial charge < -0.3 is 14.2 Å². The standard InChI is InChI=1S/C65H118O6/c1-4-7-10-13-16-19-22-24-26-28-29-30-31-32-33-34-35-37-38-40-43-46-49-52-55-58-64(67)70-61-62(60-69-63(66)57-54-51-48-45-42-21-18-15-12-9-6-3)71-65(68)59-56-53-50-47-44-41-39-36-27-25-23-20-17-14-11-8-5-2/h15,18,22,24-25,27-29,62H,4-14,16-17,19-21,23,26,30-61H2,1-3H3/b18-15-,24-22-,27-25-,29-28-. The fourth-order valence-electron chi connectivity index (χ4n) is 9.04. The summed E-state index contributed by atoms with van der Waals surface area (Å²) < 4.78 is 16.9. The molecular weight excluding hydrogens is 877 g/mol. The maximum absolute atomic E-state index is 12.9. The molecule has 0 saturated heterocycles. The van der Waals surface area contributed by atoms with Crippen molar-refractivity contribution in [2.24, 2.45) is 0 Å². The second kappa shape index (κ2) is 59.9. The number of carbonyl (C=O) groups is 3. The van der Waals surface area contributed by atoms with Gasteiger partial charge in [0.15, 0.2) is 6.10 Å². The van der Waals surface area contributed by atoms with Crippen LogP contribution in [0.1, 0.15) is 329 Å². The SMILES string of the molecule is CCCC/C=C\CCCCCCCC(=O)OCC(COC(=O)CCCCCCCCCCCCCCC/C=C\C/C=C\CCCCCCC)OC(=O)CCCCCCCCC/C=C\CCCCCCCC. The largest absolute Gasteiger partial charge is 0.462 e. The quantitative estimate of drug-likeness (QED) is 0.0261. The summed E-state index contributed by atoms with van der Waals surface area (Å²) in [4.78, 5) is 38.2. The van der Waals surface area contributed by atoms with Crippen molar-refractivity contribution in [1.82, 2.24) is 0 Å². The van der Waals surface area contributed by atoms with E-state index in [2.05, 4.69) is 69.4 Å². The van der Waals surface area contributed by atoms with Crippen LogP contribution in [0.4, 0.5) is 0 Å². The summed E-state index contributed by atoms with van der Waals surface area (Å²) in [6.45, 7) is 6.61. The second-order valence-corrected chi connectivity index (χ2v) is 21.0. The van der Waals surface area contributed by atoms with Gasteiger partial charge in [0.05, 0.1) is 0 Å². The number of hydrogen-bond acceptors (Lipinski definition) is 6. The minimum absolute atomic E-state index is 0.0756. The summed E-state index contributed by atoms with van der Waals surface area (Å²) >= 11 is 0. The Morgan fingerprint density at radius 2 is 0.521 bits per heavy atom. The third-order valence-corrected chi connectivity index (χ3v) is 13.8. The van der Waals surface area contributed by atoms with Crippen LogP contribution < -0.4 is 0 Å². The molecule has 0 aromatic heterocycles. The smallest absolute Gasteiger partial charge is 0.306 e. The van der Waals surface area contributed by atoms with Crippen LogP contribution in [0.5, 0.6) is 0 Å². The van der Waals surface area contributed by atoms with Crippen LogP contribution in [-0.4, -0.2) is 37.2 Å². The predicted molar refractivity (Wildman–Crippen MR) is 307 cm³/mol. The van der Waals surface area contributed by atoms with Crippen LogP contribution in [-0.2, 0) is 28.6 Å². The lowest BCUT2D eigenvalue weighted by atomic mass is 10.0. The first-order valence-corrected chi connectivity index (χ1v) is 31.1. The van der Waals surface area contributed by atoms with Gasteiger partial charge in [-0.25, -0.2) is 0 Å². The summed E-state index contributed by atoms with van der Waals surface area (Å²) in [5.41, 5.74) is 0. The van der Waals surface area contributed by atoms with Gasteiger partial charge >= 0.3 is 17.9 Å². The van der Waals surface area contributed by atoms with Gasteiger partial charge in [0, 0.05) is 19.3 Å². The maximum atomic E-state index is 12.9. The highest BCUT2D eigenvalue weighted by Gasteiger charge is 2.19. The molecule has 414 valence electrons. The molecule has 0 aliphatic heterocycles. The molecule has 0 aromatic rings. The summed E-state index contributed by atoms with van der Waals surface area (Å²) in [5.74, 6) is -0.875. The zero-order valence-electron chi connectivity index (χ0n) is 47.5. The van der Waals surface area contributed by atoms with E-state index >= 15 is 0 Å². The highest BCUT2D eigenvalue weighted by molar-refractivity contribution is 5.71. The van der Waals surface area contributed by atoms with Crippen molar-refractivity contribution >= 4 is 17.9 Å². The van der Waals surface area contributed by atoms with Gasteiger partial charge in [-0.3, -0.25) is 14.4 Å². The molecule has 0 N–H and O–H groups in total. The first-order valence-electron chi connectivity index (χ1n) is 31.1. The lowest BCUT2D eigenvalue weighted by molar-refractivity contribution is -0.167. The van der Waals surface area contributed by atoms with E-state index < -0.39 is 6.10 Å². The summed E-state index contributed by atoms with van der Waals surface area (Å²) in [5, 5.41) is 0. The third-order valence-electron chi connectivity index (χ3n) is 13.8.